The number of ether oxygens (including phenoxy) is 2. The van der Waals surface area contributed by atoms with Crippen LogP contribution in [0.25, 0.3) is 0 Å². The van der Waals surface area contributed by atoms with Crippen LogP contribution in [0.5, 0.6) is 0 Å². The van der Waals surface area contributed by atoms with Gasteiger partial charge in [-0.05, 0) is 77.0 Å². The number of quaternary nitrogens is 1. The van der Waals surface area contributed by atoms with Gasteiger partial charge in [-0.15, -0.1) is 0 Å². The molecule has 0 heterocycles. The van der Waals surface area contributed by atoms with Crippen LogP contribution in [0.3, 0.4) is 0 Å². The quantitative estimate of drug-likeness (QED) is 0.0215. The predicted molar refractivity (Wildman–Crippen MR) is 252 cm³/mol. The lowest BCUT2D eigenvalue weighted by Crippen LogP contribution is -2.37. The maximum atomic E-state index is 12.7. The molecule has 0 amide bonds. The highest BCUT2D eigenvalue weighted by Gasteiger charge is 2.26. The first-order valence-corrected chi connectivity index (χ1v) is 25.2. The Morgan fingerprint density at radius 2 is 0.983 bits per heavy atom. The van der Waals surface area contributed by atoms with Crippen LogP contribution in [0.1, 0.15) is 181 Å². The summed E-state index contributed by atoms with van der Waals surface area (Å²) in [6.07, 6.45) is 55.1. The molecule has 0 spiro atoms. The number of unbranched alkanes of at least 4 members (excludes halogenated alkanes) is 17. The highest BCUT2D eigenvalue weighted by atomic mass is 31.2. The summed E-state index contributed by atoms with van der Waals surface area (Å²) < 4.78 is 35.0. The number of hydrogen-bond acceptors (Lipinski definition) is 6. The Bertz CT molecular complexity index is 1170. The van der Waals surface area contributed by atoms with Gasteiger partial charge in [0, 0.05) is 13.0 Å². The highest BCUT2D eigenvalue weighted by molar-refractivity contribution is 7.47. The van der Waals surface area contributed by atoms with Gasteiger partial charge in [-0.25, -0.2) is 4.57 Å². The summed E-state index contributed by atoms with van der Waals surface area (Å²) in [5, 5.41) is 0. The SMILES string of the molecule is CC/C=C\C/C=C\C/C=C\C/C=C\C/C=C\CCCCCCCCCCCC(=O)OC(COCCCCCCCC/C=C\CCCC)COP(=O)(O)OCC[N+](C)(C)C. The first kappa shape index (κ1) is 56.9. The van der Waals surface area contributed by atoms with Crippen molar-refractivity contribution >= 4 is 13.8 Å². The zero-order chi connectivity index (χ0) is 43.4. The van der Waals surface area contributed by atoms with Crippen molar-refractivity contribution < 1.29 is 37.3 Å². The van der Waals surface area contributed by atoms with Crippen molar-refractivity contribution in [2.75, 3.05) is 54.1 Å². The average Bonchev–Trinajstić information content (AvgIpc) is 3.19. The molecule has 0 bridgehead atoms. The van der Waals surface area contributed by atoms with E-state index in [1.165, 1.54) is 89.9 Å². The van der Waals surface area contributed by atoms with Crippen LogP contribution in [0.15, 0.2) is 72.9 Å². The third-order valence-electron chi connectivity index (χ3n) is 9.75. The standard InChI is InChI=1S/C50H90NO7P/c1-6-8-10-12-14-16-18-20-21-22-23-24-25-26-27-28-29-30-31-32-33-35-37-39-41-43-50(52)58-49(48-57-59(53,54)56-46-44-51(3,4)5)47-55-45-42-40-38-36-34-19-17-15-13-11-9-7-2/h8,10,13-16,20-21,23-24,26-27,49H,6-7,9,11-12,17-19,22,25,28-48H2,1-5H3/p+1/b10-8-,15-13-,16-14-,21-20-,24-23-,27-26-. The van der Waals surface area contributed by atoms with Crippen LogP contribution < -0.4 is 0 Å². The summed E-state index contributed by atoms with van der Waals surface area (Å²) in [7, 11) is 1.65. The number of hydrogen-bond donors (Lipinski definition) is 1. The van der Waals surface area contributed by atoms with Gasteiger partial charge >= 0.3 is 13.8 Å². The lowest BCUT2D eigenvalue weighted by Gasteiger charge is -2.24. The fourth-order valence-corrected chi connectivity index (χ4v) is 6.83. The summed E-state index contributed by atoms with van der Waals surface area (Å²) >= 11 is 0. The molecule has 0 saturated heterocycles. The fraction of sp³-hybridized carbons (Fsp3) is 0.740. The van der Waals surface area contributed by atoms with E-state index in [1.807, 2.05) is 21.1 Å². The molecule has 1 N–H and O–H groups in total. The zero-order valence-electron chi connectivity index (χ0n) is 38.7. The first-order chi connectivity index (χ1) is 28.6. The van der Waals surface area contributed by atoms with E-state index in [1.54, 1.807) is 0 Å². The fourth-order valence-electron chi connectivity index (χ4n) is 6.09. The molecule has 8 nitrogen and oxygen atoms in total. The number of nitrogens with zero attached hydrogens (tertiary/aromatic N) is 1. The summed E-state index contributed by atoms with van der Waals surface area (Å²) in [4.78, 5) is 22.9. The molecule has 0 rings (SSSR count). The smallest absolute Gasteiger partial charge is 0.457 e. The molecule has 2 atom stereocenters. The number of allylic oxidation sites excluding steroid dienone is 12. The lowest BCUT2D eigenvalue weighted by molar-refractivity contribution is -0.870. The minimum atomic E-state index is -4.28. The minimum Gasteiger partial charge on any atom is -0.457 e. The molecule has 59 heavy (non-hydrogen) atoms. The number of phosphoric ester groups is 1. The number of esters is 1. The number of rotatable bonds is 43. The van der Waals surface area contributed by atoms with Crippen molar-refractivity contribution in [3.63, 3.8) is 0 Å². The molecule has 2 unspecified atom stereocenters. The van der Waals surface area contributed by atoms with E-state index < -0.39 is 13.9 Å². The van der Waals surface area contributed by atoms with Crippen molar-refractivity contribution in [2.24, 2.45) is 0 Å². The van der Waals surface area contributed by atoms with E-state index in [0.29, 0.717) is 24.1 Å². The molecule has 0 aromatic carbocycles. The zero-order valence-corrected chi connectivity index (χ0v) is 39.6. The first-order valence-electron chi connectivity index (χ1n) is 23.7. The Hall–Kier alpha value is -2.06. The molecule has 9 heteroatoms. The van der Waals surface area contributed by atoms with Crippen molar-refractivity contribution in [1.82, 2.24) is 0 Å². The number of phosphoric acid groups is 1. The van der Waals surface area contributed by atoms with Gasteiger partial charge in [-0.3, -0.25) is 13.8 Å². The number of carbonyl (C=O) groups is 1. The Morgan fingerprint density at radius 1 is 0.542 bits per heavy atom. The van der Waals surface area contributed by atoms with Crippen molar-refractivity contribution in [1.29, 1.82) is 0 Å². The molecule has 0 aliphatic heterocycles. The van der Waals surface area contributed by atoms with Gasteiger partial charge in [0.05, 0.1) is 34.4 Å². The second-order valence-corrected chi connectivity index (χ2v) is 18.2. The van der Waals surface area contributed by atoms with Gasteiger partial charge < -0.3 is 18.9 Å². The maximum Gasteiger partial charge on any atom is 0.472 e. The Kier molecular flexibility index (Phi) is 41.1. The molecule has 0 aromatic heterocycles. The third-order valence-corrected chi connectivity index (χ3v) is 10.7. The second-order valence-electron chi connectivity index (χ2n) is 16.8. The lowest BCUT2D eigenvalue weighted by atomic mass is 10.1. The van der Waals surface area contributed by atoms with Crippen molar-refractivity contribution in [3.8, 4) is 0 Å². The molecular formula is C50H91NO7P+. The maximum absolute atomic E-state index is 12.7. The van der Waals surface area contributed by atoms with E-state index >= 15 is 0 Å². The minimum absolute atomic E-state index is 0.0830. The van der Waals surface area contributed by atoms with E-state index in [0.717, 1.165) is 70.6 Å². The van der Waals surface area contributed by atoms with Crippen LogP contribution in [0, 0.1) is 0 Å². The Balaban J connectivity index is 4.15. The summed E-state index contributed by atoms with van der Waals surface area (Å²) in [6, 6.07) is 0. The molecule has 0 radical (unpaired) electrons. The van der Waals surface area contributed by atoms with E-state index in [-0.39, 0.29) is 25.8 Å². The van der Waals surface area contributed by atoms with Gasteiger partial charge in [0.2, 0.25) is 0 Å². The molecule has 0 aliphatic rings. The van der Waals surface area contributed by atoms with Crippen LogP contribution >= 0.6 is 7.82 Å². The largest absolute Gasteiger partial charge is 0.472 e. The Labute approximate surface area is 363 Å². The van der Waals surface area contributed by atoms with Crippen LogP contribution in [0.2, 0.25) is 0 Å². The third kappa shape index (κ3) is 46.9. The average molecular weight is 849 g/mol. The summed E-state index contributed by atoms with van der Waals surface area (Å²) in [6.45, 7) is 5.44. The van der Waals surface area contributed by atoms with Crippen LogP contribution in [0.4, 0.5) is 0 Å². The van der Waals surface area contributed by atoms with Gasteiger partial charge in [-0.1, -0.05) is 170 Å². The van der Waals surface area contributed by atoms with Crippen molar-refractivity contribution in [2.45, 2.75) is 187 Å². The molecule has 342 valence electrons. The molecular weight excluding hydrogens is 758 g/mol. The topological polar surface area (TPSA) is 91.3 Å². The molecule has 0 saturated carbocycles. The number of likely N-dealkylation sites (N-methyl/N-ethyl adjacent to an activating group) is 1. The Morgan fingerprint density at radius 3 is 1.49 bits per heavy atom. The van der Waals surface area contributed by atoms with Crippen molar-refractivity contribution in [3.05, 3.63) is 72.9 Å². The van der Waals surface area contributed by atoms with Gasteiger partial charge in [0.1, 0.15) is 19.3 Å². The monoisotopic (exact) mass is 849 g/mol. The predicted octanol–water partition coefficient (Wildman–Crippen LogP) is 14.3. The van der Waals surface area contributed by atoms with Crippen LogP contribution in [-0.2, 0) is 27.9 Å². The van der Waals surface area contributed by atoms with E-state index in [2.05, 4.69) is 86.8 Å². The summed E-state index contributed by atoms with van der Waals surface area (Å²) in [5.74, 6) is -0.325. The molecule has 0 aliphatic carbocycles. The molecule has 0 fully saturated rings. The number of carbonyl (C=O) groups excluding carboxylic acids is 1. The van der Waals surface area contributed by atoms with E-state index in [4.69, 9.17) is 18.5 Å². The van der Waals surface area contributed by atoms with Gasteiger partial charge in [0.15, 0.2) is 0 Å². The van der Waals surface area contributed by atoms with Gasteiger partial charge in [-0.2, -0.15) is 0 Å². The molecule has 0 aromatic rings. The van der Waals surface area contributed by atoms with E-state index in [9.17, 15) is 14.3 Å². The highest BCUT2D eigenvalue weighted by Crippen LogP contribution is 2.43. The second kappa shape index (κ2) is 42.6. The van der Waals surface area contributed by atoms with Gasteiger partial charge in [0.25, 0.3) is 0 Å². The van der Waals surface area contributed by atoms with Crippen LogP contribution in [-0.4, -0.2) is 75.6 Å². The normalized spacial score (nSPS) is 14.3. The summed E-state index contributed by atoms with van der Waals surface area (Å²) in [5.41, 5.74) is 0.